The van der Waals surface area contributed by atoms with Crippen LogP contribution in [0.1, 0.15) is 29.4 Å². The fourth-order valence-electron chi connectivity index (χ4n) is 2.08. The first-order valence-corrected chi connectivity index (χ1v) is 8.73. The van der Waals surface area contributed by atoms with E-state index < -0.39 is 27.2 Å². The van der Waals surface area contributed by atoms with Crippen LogP contribution in [-0.4, -0.2) is 35.7 Å². The maximum Gasteiger partial charge on any atom is 0.573 e. The van der Waals surface area contributed by atoms with Gasteiger partial charge in [-0.15, -0.1) is 13.2 Å². The first-order valence-electron chi connectivity index (χ1n) is 7.02. The molecule has 1 atom stereocenters. The lowest BCUT2D eigenvalue weighted by atomic mass is 10.1. The summed E-state index contributed by atoms with van der Waals surface area (Å²) in [6, 6.07) is 4.96. The number of halogens is 3. The molecule has 0 aliphatic rings. The van der Waals surface area contributed by atoms with Gasteiger partial charge in [-0.25, -0.2) is 13.4 Å². The molecule has 1 N–H and O–H groups in total. The van der Waals surface area contributed by atoms with E-state index in [0.717, 1.165) is 12.1 Å². The van der Waals surface area contributed by atoms with Gasteiger partial charge in [-0.2, -0.15) is 5.10 Å². The molecule has 1 unspecified atom stereocenters. The van der Waals surface area contributed by atoms with Crippen LogP contribution in [0.15, 0.2) is 24.3 Å². The van der Waals surface area contributed by atoms with Crippen molar-refractivity contribution < 1.29 is 26.3 Å². The van der Waals surface area contributed by atoms with Crippen molar-refractivity contribution in [3.8, 4) is 5.75 Å². The second kappa shape index (κ2) is 6.80. The number of aryl methyl sites for hydroxylation is 2. The third-order valence-corrected chi connectivity index (χ3v) is 5.48. The van der Waals surface area contributed by atoms with Gasteiger partial charge in [0.2, 0.25) is 0 Å². The fraction of sp³-hybridized carbons (Fsp3) is 0.429. The highest BCUT2D eigenvalue weighted by Crippen LogP contribution is 2.29. The lowest BCUT2D eigenvalue weighted by molar-refractivity contribution is -0.274. The summed E-state index contributed by atoms with van der Waals surface area (Å²) in [5.74, 6) is 0.284. The van der Waals surface area contributed by atoms with Crippen LogP contribution >= 0.6 is 0 Å². The lowest BCUT2D eigenvalue weighted by Gasteiger charge is -2.15. The van der Waals surface area contributed by atoms with E-state index in [0.29, 0.717) is 11.6 Å². The highest BCUT2D eigenvalue weighted by molar-refractivity contribution is 7.91. The highest BCUT2D eigenvalue weighted by Gasteiger charge is 2.31. The predicted molar refractivity (Wildman–Crippen MR) is 80.2 cm³/mol. The molecule has 10 heteroatoms. The van der Waals surface area contributed by atoms with Crippen LogP contribution in [0.5, 0.6) is 5.75 Å². The number of ether oxygens (including phenoxy) is 1. The maximum atomic E-state index is 12.4. The molecule has 0 amide bonds. The quantitative estimate of drug-likeness (QED) is 0.853. The number of sulfone groups is 1. The first kappa shape index (κ1) is 18.2. The molecule has 1 aromatic carbocycles. The Kier molecular flexibility index (Phi) is 5.16. The Morgan fingerprint density at radius 2 is 2.04 bits per heavy atom. The van der Waals surface area contributed by atoms with E-state index in [-0.39, 0.29) is 17.7 Å². The van der Waals surface area contributed by atoms with E-state index in [1.165, 1.54) is 19.1 Å². The Morgan fingerprint density at radius 1 is 1.33 bits per heavy atom. The topological polar surface area (TPSA) is 84.9 Å². The highest BCUT2D eigenvalue weighted by atomic mass is 32.2. The number of hydrogen-bond donors (Lipinski definition) is 1. The summed E-state index contributed by atoms with van der Waals surface area (Å²) < 4.78 is 65.4. The van der Waals surface area contributed by atoms with Crippen LogP contribution in [0.2, 0.25) is 0 Å². The molecule has 0 fully saturated rings. The molecule has 6 nitrogen and oxygen atoms in total. The molecular formula is C14H16F3N3O3S. The van der Waals surface area contributed by atoms with Crippen LogP contribution < -0.4 is 4.74 Å². The molecular weight excluding hydrogens is 347 g/mol. The molecule has 0 saturated carbocycles. The average molecular weight is 363 g/mol. The third-order valence-electron chi connectivity index (χ3n) is 3.35. The minimum absolute atomic E-state index is 0.121. The number of nitrogens with zero attached hydrogens (tertiary/aromatic N) is 2. The average Bonchev–Trinajstić information content (AvgIpc) is 2.89. The van der Waals surface area contributed by atoms with Crippen molar-refractivity contribution >= 4 is 9.84 Å². The van der Waals surface area contributed by atoms with E-state index in [1.54, 1.807) is 6.92 Å². The van der Waals surface area contributed by atoms with Gasteiger partial charge < -0.3 is 4.74 Å². The van der Waals surface area contributed by atoms with Crippen LogP contribution in [0.4, 0.5) is 13.2 Å². The fourth-order valence-corrected chi connectivity index (χ4v) is 3.46. The molecule has 0 aliphatic heterocycles. The Morgan fingerprint density at radius 3 is 2.62 bits per heavy atom. The largest absolute Gasteiger partial charge is 0.573 e. The van der Waals surface area contributed by atoms with Gasteiger partial charge in [-0.05, 0) is 31.5 Å². The number of rotatable bonds is 6. The molecule has 0 spiro atoms. The Bertz CT molecular complexity index is 803. The van der Waals surface area contributed by atoms with Crippen LogP contribution in [0, 0.1) is 6.92 Å². The van der Waals surface area contributed by atoms with Gasteiger partial charge in [-0.1, -0.05) is 12.1 Å². The molecule has 0 saturated heterocycles. The molecule has 0 radical (unpaired) electrons. The minimum atomic E-state index is -4.83. The molecule has 1 heterocycles. The molecule has 0 bridgehead atoms. The molecule has 1 aromatic heterocycles. The number of aromatic amines is 1. The zero-order valence-corrected chi connectivity index (χ0v) is 13.8. The second-order valence-corrected chi connectivity index (χ2v) is 7.66. The Balaban J connectivity index is 2.11. The van der Waals surface area contributed by atoms with Crippen LogP contribution in [0.25, 0.3) is 0 Å². The van der Waals surface area contributed by atoms with E-state index in [2.05, 4.69) is 19.9 Å². The second-order valence-electron chi connectivity index (χ2n) is 5.22. The van der Waals surface area contributed by atoms with Gasteiger partial charge in [0.25, 0.3) is 0 Å². The Hall–Kier alpha value is -2.10. The monoisotopic (exact) mass is 363 g/mol. The minimum Gasteiger partial charge on any atom is -0.406 e. The smallest absolute Gasteiger partial charge is 0.406 e. The van der Waals surface area contributed by atoms with E-state index >= 15 is 0 Å². The molecule has 24 heavy (non-hydrogen) atoms. The Labute approximate surface area is 137 Å². The SMILES string of the molecule is Cc1nc(CCS(=O)(=O)C(C)c2cccc(OC(F)(F)F)c2)n[nH]1. The van der Waals surface area contributed by atoms with Gasteiger partial charge in [0.1, 0.15) is 11.6 Å². The van der Waals surface area contributed by atoms with E-state index in [9.17, 15) is 21.6 Å². The number of benzene rings is 1. The molecule has 132 valence electrons. The van der Waals surface area contributed by atoms with E-state index in [4.69, 9.17) is 0 Å². The normalized spacial score (nSPS) is 13.7. The first-order chi connectivity index (χ1) is 11.1. The van der Waals surface area contributed by atoms with Crippen molar-refractivity contribution in [3.05, 3.63) is 41.5 Å². The molecule has 0 aliphatic carbocycles. The summed E-state index contributed by atoms with van der Waals surface area (Å²) in [6.45, 7) is 3.12. The van der Waals surface area contributed by atoms with Crippen molar-refractivity contribution in [2.45, 2.75) is 31.9 Å². The van der Waals surface area contributed by atoms with Gasteiger partial charge in [0.05, 0.1) is 11.0 Å². The summed E-state index contributed by atoms with van der Waals surface area (Å²) >= 11 is 0. The van der Waals surface area contributed by atoms with Crippen LogP contribution in [-0.2, 0) is 16.3 Å². The molecule has 2 aromatic rings. The van der Waals surface area contributed by atoms with Crippen molar-refractivity contribution in [1.29, 1.82) is 0 Å². The third kappa shape index (κ3) is 4.95. The van der Waals surface area contributed by atoms with Crippen molar-refractivity contribution in [2.75, 3.05) is 5.75 Å². The molecule has 2 rings (SSSR count). The lowest BCUT2D eigenvalue weighted by Crippen LogP contribution is -2.18. The number of aromatic nitrogens is 3. The summed E-state index contributed by atoms with van der Waals surface area (Å²) in [6.07, 6.45) is -4.71. The van der Waals surface area contributed by atoms with Crippen molar-refractivity contribution in [3.63, 3.8) is 0 Å². The van der Waals surface area contributed by atoms with Gasteiger partial charge >= 0.3 is 6.36 Å². The van der Waals surface area contributed by atoms with Gasteiger partial charge in [-0.3, -0.25) is 5.10 Å². The maximum absolute atomic E-state index is 12.4. The zero-order chi connectivity index (χ0) is 18.0. The predicted octanol–water partition coefficient (Wildman–Crippen LogP) is 2.73. The summed E-state index contributed by atoms with van der Waals surface area (Å²) in [7, 11) is -3.59. The van der Waals surface area contributed by atoms with Gasteiger partial charge in [0.15, 0.2) is 15.7 Å². The van der Waals surface area contributed by atoms with Crippen LogP contribution in [0.3, 0.4) is 0 Å². The number of alkyl halides is 3. The van der Waals surface area contributed by atoms with Crippen molar-refractivity contribution in [2.24, 2.45) is 0 Å². The van der Waals surface area contributed by atoms with Crippen molar-refractivity contribution in [1.82, 2.24) is 15.2 Å². The number of H-pyrrole nitrogens is 1. The van der Waals surface area contributed by atoms with Gasteiger partial charge in [0, 0.05) is 6.42 Å². The standard InChI is InChI=1S/C14H16F3N3O3S/c1-9(11-4-3-5-12(8-11)23-14(15,16)17)24(21,22)7-6-13-18-10(2)19-20-13/h3-5,8-9H,6-7H2,1-2H3,(H,18,19,20). The summed E-state index contributed by atoms with van der Waals surface area (Å²) in [5, 5.41) is 5.50. The number of nitrogens with one attached hydrogen (secondary N) is 1. The summed E-state index contributed by atoms with van der Waals surface area (Å²) in [4.78, 5) is 4.02. The van der Waals surface area contributed by atoms with E-state index in [1.807, 2.05) is 0 Å². The number of hydrogen-bond acceptors (Lipinski definition) is 5. The zero-order valence-electron chi connectivity index (χ0n) is 13.0. The summed E-state index contributed by atoms with van der Waals surface area (Å²) in [5.41, 5.74) is 0.225.